The maximum atomic E-state index is 13.3. The van der Waals surface area contributed by atoms with E-state index >= 15 is 0 Å². The number of aromatic nitrogens is 2. The molecule has 4 rings (SSSR count). The monoisotopic (exact) mass is 431 g/mol. The lowest BCUT2D eigenvalue weighted by atomic mass is 10.2. The smallest absolute Gasteiger partial charge is 0.267 e. The first-order chi connectivity index (χ1) is 14.0. The van der Waals surface area contributed by atoms with Crippen molar-refractivity contribution in [2.24, 2.45) is 0 Å². The largest absolute Gasteiger partial charge is 0.395 e. The second-order valence-corrected chi connectivity index (χ2v) is 8.55. The average Bonchev–Trinajstić information content (AvgIpc) is 2.97. The minimum Gasteiger partial charge on any atom is -0.395 e. The number of fused-ring (bicyclic) bond motifs is 1. The highest BCUT2D eigenvalue weighted by Crippen LogP contribution is 2.32. The van der Waals surface area contributed by atoms with Gasteiger partial charge < -0.3 is 10.0 Å². The molecule has 1 amide bonds. The van der Waals surface area contributed by atoms with Crippen molar-refractivity contribution < 1.29 is 9.90 Å². The number of carbonyl (C=O) groups is 1. The van der Waals surface area contributed by atoms with Crippen molar-refractivity contribution >= 4 is 51.7 Å². The van der Waals surface area contributed by atoms with E-state index in [1.54, 1.807) is 31.5 Å². The van der Waals surface area contributed by atoms with Crippen molar-refractivity contribution in [3.05, 3.63) is 45.2 Å². The summed E-state index contributed by atoms with van der Waals surface area (Å²) in [7, 11) is 1.63. The maximum Gasteiger partial charge on any atom is 0.267 e. The molecule has 4 heterocycles. The molecule has 0 bridgehead atoms. The van der Waals surface area contributed by atoms with E-state index in [9.17, 15) is 9.59 Å². The third-order valence-corrected chi connectivity index (χ3v) is 6.58. The van der Waals surface area contributed by atoms with Crippen LogP contribution in [0.25, 0.3) is 11.7 Å². The maximum absolute atomic E-state index is 13.3. The number of aliphatic hydroxyl groups is 1. The molecule has 0 atom stereocenters. The number of aliphatic hydroxyl groups excluding tert-OH is 1. The fourth-order valence-electron chi connectivity index (χ4n) is 3.46. The highest BCUT2D eigenvalue weighted by molar-refractivity contribution is 8.26. The molecular formula is C19H21N5O3S2. The van der Waals surface area contributed by atoms with Gasteiger partial charge in [-0.1, -0.05) is 30.0 Å². The number of rotatable bonds is 4. The summed E-state index contributed by atoms with van der Waals surface area (Å²) in [6.45, 7) is 3.67. The standard InChI is InChI=1S/C19H21N5O3S2/c1-21-18(27)14(29-19(21)28)12-13-16(23-8-6-22(7-9-23)10-11-25)20-15-4-2-3-5-24(15)17(13)26/h2-5,12,25H,6-11H2,1H3/b14-12-. The normalized spacial score (nSPS) is 19.7. The van der Waals surface area contributed by atoms with Crippen LogP contribution in [-0.4, -0.2) is 80.9 Å². The zero-order valence-corrected chi connectivity index (χ0v) is 17.6. The number of hydrogen-bond donors (Lipinski definition) is 1. The molecule has 2 aliphatic rings. The van der Waals surface area contributed by atoms with Gasteiger partial charge in [-0.2, -0.15) is 0 Å². The summed E-state index contributed by atoms with van der Waals surface area (Å²) in [5.41, 5.74) is 0.730. The molecule has 2 aromatic heterocycles. The van der Waals surface area contributed by atoms with Gasteiger partial charge in [0.05, 0.1) is 17.1 Å². The van der Waals surface area contributed by atoms with E-state index in [2.05, 4.69) is 9.80 Å². The van der Waals surface area contributed by atoms with Crippen molar-refractivity contribution in [1.29, 1.82) is 0 Å². The van der Waals surface area contributed by atoms with Gasteiger partial charge in [-0.3, -0.25) is 23.8 Å². The highest BCUT2D eigenvalue weighted by atomic mass is 32.2. The molecule has 0 spiro atoms. The predicted octanol–water partition coefficient (Wildman–Crippen LogP) is 0.640. The number of piperazine rings is 1. The fourth-order valence-corrected chi connectivity index (χ4v) is 4.62. The Bertz CT molecular complexity index is 1060. The lowest BCUT2D eigenvalue weighted by Crippen LogP contribution is -2.48. The first-order valence-electron chi connectivity index (χ1n) is 9.30. The summed E-state index contributed by atoms with van der Waals surface area (Å²) >= 11 is 6.40. The Hall–Kier alpha value is -2.27. The van der Waals surface area contributed by atoms with Gasteiger partial charge in [0.15, 0.2) is 0 Å². The number of nitrogens with zero attached hydrogens (tertiary/aromatic N) is 5. The number of carbonyl (C=O) groups excluding carboxylic acids is 1. The molecule has 1 N–H and O–H groups in total. The summed E-state index contributed by atoms with van der Waals surface area (Å²) in [4.78, 5) is 36.6. The molecule has 10 heteroatoms. The van der Waals surface area contributed by atoms with Crippen LogP contribution >= 0.6 is 24.0 Å². The van der Waals surface area contributed by atoms with Crippen LogP contribution < -0.4 is 10.5 Å². The van der Waals surface area contributed by atoms with Crippen molar-refractivity contribution in [2.75, 3.05) is 51.3 Å². The van der Waals surface area contributed by atoms with Crippen LogP contribution in [0.3, 0.4) is 0 Å². The first-order valence-corrected chi connectivity index (χ1v) is 10.5. The van der Waals surface area contributed by atoms with Crippen LogP contribution in [0, 0.1) is 0 Å². The molecule has 29 heavy (non-hydrogen) atoms. The van der Waals surface area contributed by atoms with Crippen LogP contribution in [0.15, 0.2) is 34.1 Å². The van der Waals surface area contributed by atoms with Crippen LogP contribution in [0.5, 0.6) is 0 Å². The average molecular weight is 432 g/mol. The van der Waals surface area contributed by atoms with Crippen LogP contribution in [0.1, 0.15) is 5.56 Å². The molecule has 0 unspecified atom stereocenters. The third-order valence-electron chi connectivity index (χ3n) is 5.10. The minimum atomic E-state index is -0.218. The third kappa shape index (κ3) is 3.80. The van der Waals surface area contributed by atoms with Crippen molar-refractivity contribution in [2.45, 2.75) is 0 Å². The summed E-state index contributed by atoms with van der Waals surface area (Å²) < 4.78 is 1.96. The number of amides is 1. The summed E-state index contributed by atoms with van der Waals surface area (Å²) in [6, 6.07) is 5.41. The molecular weight excluding hydrogens is 410 g/mol. The Morgan fingerprint density at radius 2 is 2.00 bits per heavy atom. The van der Waals surface area contributed by atoms with Gasteiger partial charge >= 0.3 is 0 Å². The van der Waals surface area contributed by atoms with E-state index in [-0.39, 0.29) is 18.1 Å². The number of thiocarbonyl (C=S) groups is 1. The number of thioether (sulfide) groups is 1. The topological polar surface area (TPSA) is 81.4 Å². The molecule has 2 saturated heterocycles. The summed E-state index contributed by atoms with van der Waals surface area (Å²) in [6.07, 6.45) is 3.29. The molecule has 0 radical (unpaired) electrons. The second-order valence-electron chi connectivity index (χ2n) is 6.88. The van der Waals surface area contributed by atoms with Crippen molar-refractivity contribution in [3.8, 4) is 0 Å². The van der Waals surface area contributed by atoms with E-state index in [4.69, 9.17) is 22.3 Å². The SMILES string of the molecule is CN1C(=O)/C(=C/c2c(N3CCN(CCO)CC3)nc3ccccn3c2=O)SC1=S. The fraction of sp³-hybridized carbons (Fsp3) is 0.368. The highest BCUT2D eigenvalue weighted by Gasteiger charge is 2.30. The second kappa shape index (κ2) is 8.23. The van der Waals surface area contributed by atoms with Gasteiger partial charge in [0.2, 0.25) is 0 Å². The van der Waals surface area contributed by atoms with E-state index in [1.165, 1.54) is 21.1 Å². The van der Waals surface area contributed by atoms with Gasteiger partial charge in [0, 0.05) is 46.0 Å². The quantitative estimate of drug-likeness (QED) is 0.558. The van der Waals surface area contributed by atoms with Gasteiger partial charge in [-0.15, -0.1) is 0 Å². The van der Waals surface area contributed by atoms with Crippen molar-refractivity contribution in [3.63, 3.8) is 0 Å². The minimum absolute atomic E-state index is 0.125. The lowest BCUT2D eigenvalue weighted by Gasteiger charge is -2.35. The summed E-state index contributed by atoms with van der Waals surface area (Å²) in [5, 5.41) is 9.16. The van der Waals surface area contributed by atoms with Crippen molar-refractivity contribution in [1.82, 2.24) is 19.2 Å². The van der Waals surface area contributed by atoms with Gasteiger partial charge in [-0.05, 0) is 18.2 Å². The Morgan fingerprint density at radius 3 is 2.66 bits per heavy atom. The number of anilines is 1. The molecule has 2 aromatic rings. The first kappa shape index (κ1) is 20.0. The van der Waals surface area contributed by atoms with Crippen LogP contribution in [0.4, 0.5) is 5.82 Å². The zero-order valence-electron chi connectivity index (χ0n) is 15.9. The number of pyridine rings is 1. The molecule has 2 aliphatic heterocycles. The van der Waals surface area contributed by atoms with E-state index < -0.39 is 0 Å². The number of likely N-dealkylation sites (N-methyl/N-ethyl adjacent to an activating group) is 1. The molecule has 0 saturated carbocycles. The Morgan fingerprint density at radius 1 is 1.24 bits per heavy atom. The predicted molar refractivity (Wildman–Crippen MR) is 118 cm³/mol. The Labute approximate surface area is 177 Å². The number of hydrogen-bond acceptors (Lipinski definition) is 8. The van der Waals surface area contributed by atoms with Gasteiger partial charge in [-0.25, -0.2) is 4.98 Å². The number of β-amino-alcohol motifs (C(OH)–C–C–N with tert-alkyl or cyclic N) is 1. The molecule has 0 aliphatic carbocycles. The molecule has 152 valence electrons. The molecule has 2 fully saturated rings. The van der Waals surface area contributed by atoms with Gasteiger partial charge in [0.25, 0.3) is 11.5 Å². The lowest BCUT2D eigenvalue weighted by molar-refractivity contribution is -0.121. The van der Waals surface area contributed by atoms with E-state index in [1.807, 2.05) is 6.07 Å². The van der Waals surface area contributed by atoms with Gasteiger partial charge in [0.1, 0.15) is 15.8 Å². The Kier molecular flexibility index (Phi) is 5.68. The molecule has 8 nitrogen and oxygen atoms in total. The zero-order chi connectivity index (χ0) is 20.5. The van der Waals surface area contributed by atoms with Crippen LogP contribution in [0.2, 0.25) is 0 Å². The van der Waals surface area contributed by atoms with E-state index in [0.29, 0.717) is 45.9 Å². The summed E-state index contributed by atoms with van der Waals surface area (Å²) in [5.74, 6) is 0.363. The van der Waals surface area contributed by atoms with E-state index in [0.717, 1.165) is 13.1 Å². The van der Waals surface area contributed by atoms with Crippen LogP contribution in [-0.2, 0) is 4.79 Å². The Balaban J connectivity index is 1.79. The molecule has 0 aromatic carbocycles.